The van der Waals surface area contributed by atoms with E-state index in [-0.39, 0.29) is 5.91 Å². The molecule has 8 heteroatoms. The van der Waals surface area contributed by atoms with E-state index in [2.05, 4.69) is 10.4 Å². The summed E-state index contributed by atoms with van der Waals surface area (Å²) in [6.45, 7) is 0.903. The van der Waals surface area contributed by atoms with E-state index in [0.717, 1.165) is 11.1 Å². The van der Waals surface area contributed by atoms with Gasteiger partial charge in [-0.3, -0.25) is 9.48 Å². The van der Waals surface area contributed by atoms with Crippen LogP contribution in [0.3, 0.4) is 0 Å². The maximum atomic E-state index is 12.6. The first kappa shape index (κ1) is 22.2. The number of halogens is 3. The zero-order valence-electron chi connectivity index (χ0n) is 16.8. The fourth-order valence-corrected chi connectivity index (χ4v) is 3.59. The molecule has 0 aliphatic carbocycles. The van der Waals surface area contributed by atoms with Crippen LogP contribution in [0.25, 0.3) is 0 Å². The molecular formula is C24H18Cl3N3O2. The molecule has 5 nitrogen and oxygen atoms in total. The van der Waals surface area contributed by atoms with Crippen LogP contribution in [-0.4, -0.2) is 15.7 Å². The van der Waals surface area contributed by atoms with Crippen LogP contribution in [0.5, 0.6) is 5.75 Å². The molecule has 0 bridgehead atoms. The number of ether oxygens (including phenoxy) is 1. The average Bonchev–Trinajstić information content (AvgIpc) is 3.22. The van der Waals surface area contributed by atoms with Crippen LogP contribution in [0.2, 0.25) is 15.1 Å². The number of hydrogen-bond donors (Lipinski definition) is 1. The monoisotopic (exact) mass is 485 g/mol. The van der Waals surface area contributed by atoms with Gasteiger partial charge in [-0.05, 0) is 53.6 Å². The molecule has 1 heterocycles. The Kier molecular flexibility index (Phi) is 7.00. The van der Waals surface area contributed by atoms with Crippen molar-refractivity contribution in [2.75, 3.05) is 5.32 Å². The lowest BCUT2D eigenvalue weighted by molar-refractivity contribution is 0.102. The number of carbonyl (C=O) groups is 1. The quantitative estimate of drug-likeness (QED) is 0.315. The van der Waals surface area contributed by atoms with E-state index in [1.807, 2.05) is 36.4 Å². The van der Waals surface area contributed by atoms with Gasteiger partial charge in [0.25, 0.3) is 5.91 Å². The molecule has 0 unspecified atom stereocenters. The molecule has 0 spiro atoms. The number of benzene rings is 3. The molecule has 0 saturated carbocycles. The predicted molar refractivity (Wildman–Crippen MR) is 128 cm³/mol. The number of aromatic nitrogens is 2. The molecule has 1 aromatic heterocycles. The summed E-state index contributed by atoms with van der Waals surface area (Å²) < 4.78 is 7.47. The van der Waals surface area contributed by atoms with Crippen LogP contribution < -0.4 is 10.1 Å². The summed E-state index contributed by atoms with van der Waals surface area (Å²) in [5.74, 6) is 0.331. The van der Waals surface area contributed by atoms with Crippen molar-refractivity contribution in [3.05, 3.63) is 111 Å². The van der Waals surface area contributed by atoms with E-state index in [0.29, 0.717) is 45.2 Å². The highest BCUT2D eigenvalue weighted by atomic mass is 35.5. The summed E-state index contributed by atoms with van der Waals surface area (Å²) in [4.78, 5) is 12.6. The second kappa shape index (κ2) is 10.1. The molecule has 0 aliphatic rings. The van der Waals surface area contributed by atoms with E-state index in [1.54, 1.807) is 47.4 Å². The number of amides is 1. The van der Waals surface area contributed by atoms with Crippen molar-refractivity contribution in [3.8, 4) is 5.75 Å². The van der Waals surface area contributed by atoms with Crippen LogP contribution in [0.4, 0.5) is 5.69 Å². The zero-order chi connectivity index (χ0) is 22.5. The lowest BCUT2D eigenvalue weighted by Crippen LogP contribution is -2.11. The number of nitrogens with one attached hydrogen (secondary N) is 1. The van der Waals surface area contributed by atoms with Gasteiger partial charge >= 0.3 is 0 Å². The lowest BCUT2D eigenvalue weighted by atomic mass is 10.1. The highest BCUT2D eigenvalue weighted by Crippen LogP contribution is 2.28. The molecular weight excluding hydrogens is 469 g/mol. The second-order valence-corrected chi connectivity index (χ2v) is 8.35. The molecule has 4 rings (SSSR count). The minimum atomic E-state index is -0.218. The predicted octanol–water partition coefficient (Wildman–Crippen LogP) is 6.72. The fraction of sp³-hybridized carbons (Fsp3) is 0.0833. The summed E-state index contributed by atoms with van der Waals surface area (Å²) in [6.07, 6.45) is 3.40. The van der Waals surface area contributed by atoms with E-state index in [4.69, 9.17) is 39.5 Å². The summed E-state index contributed by atoms with van der Waals surface area (Å²) in [6, 6.07) is 19.8. The number of rotatable bonds is 7. The minimum Gasteiger partial charge on any atom is -0.487 e. The number of anilines is 1. The third-order valence-corrected chi connectivity index (χ3v) is 5.44. The van der Waals surface area contributed by atoms with Gasteiger partial charge in [0.1, 0.15) is 12.4 Å². The van der Waals surface area contributed by atoms with Gasteiger partial charge in [-0.1, -0.05) is 59.1 Å². The SMILES string of the molecule is O=C(Nc1cnn(Cc2ccc(Cl)cc2)c1)c1ccc(COc2ccc(Cl)cc2Cl)cc1. The Hall–Kier alpha value is -2.99. The van der Waals surface area contributed by atoms with Gasteiger partial charge in [-0.2, -0.15) is 5.10 Å². The molecule has 1 N–H and O–H groups in total. The maximum absolute atomic E-state index is 12.6. The van der Waals surface area contributed by atoms with E-state index in [9.17, 15) is 4.79 Å². The average molecular weight is 487 g/mol. The Bertz CT molecular complexity index is 1220. The topological polar surface area (TPSA) is 56.2 Å². The van der Waals surface area contributed by atoms with Crippen LogP contribution in [0, 0.1) is 0 Å². The van der Waals surface area contributed by atoms with Crippen LogP contribution in [0.15, 0.2) is 79.1 Å². The Balaban J connectivity index is 1.32. The standard InChI is InChI=1S/C24H18Cl3N3O2/c25-19-7-3-16(4-8-19)13-30-14-21(12-28-30)29-24(31)18-5-1-17(2-6-18)15-32-23-10-9-20(26)11-22(23)27/h1-12,14H,13,15H2,(H,29,31). The van der Waals surface area contributed by atoms with Crippen LogP contribution in [0.1, 0.15) is 21.5 Å². The maximum Gasteiger partial charge on any atom is 0.255 e. The third kappa shape index (κ3) is 5.82. The molecule has 0 fully saturated rings. The number of carbonyl (C=O) groups excluding carboxylic acids is 1. The Morgan fingerprint density at radius 2 is 1.59 bits per heavy atom. The van der Waals surface area contributed by atoms with Gasteiger partial charge in [-0.25, -0.2) is 0 Å². The number of nitrogens with zero attached hydrogens (tertiary/aromatic N) is 2. The first-order valence-electron chi connectivity index (χ1n) is 9.71. The molecule has 1 amide bonds. The normalized spacial score (nSPS) is 10.7. The fourth-order valence-electron chi connectivity index (χ4n) is 3.00. The Morgan fingerprint density at radius 1 is 0.906 bits per heavy atom. The first-order valence-corrected chi connectivity index (χ1v) is 10.8. The van der Waals surface area contributed by atoms with Crippen LogP contribution >= 0.6 is 34.8 Å². The Labute approximate surface area is 200 Å². The summed E-state index contributed by atoms with van der Waals surface area (Å²) in [7, 11) is 0. The van der Waals surface area contributed by atoms with Crippen molar-refractivity contribution >= 4 is 46.4 Å². The van der Waals surface area contributed by atoms with Crippen molar-refractivity contribution in [2.24, 2.45) is 0 Å². The van der Waals surface area contributed by atoms with Crippen molar-refractivity contribution in [2.45, 2.75) is 13.2 Å². The van der Waals surface area contributed by atoms with Crippen molar-refractivity contribution in [3.63, 3.8) is 0 Å². The molecule has 4 aromatic rings. The van der Waals surface area contributed by atoms with E-state index in [1.165, 1.54) is 0 Å². The molecule has 0 saturated heterocycles. The molecule has 0 atom stereocenters. The van der Waals surface area contributed by atoms with Crippen LogP contribution in [-0.2, 0) is 13.2 Å². The molecule has 162 valence electrons. The summed E-state index contributed by atoms with van der Waals surface area (Å²) in [5.41, 5.74) is 3.12. The number of hydrogen-bond acceptors (Lipinski definition) is 3. The molecule has 0 radical (unpaired) electrons. The first-order chi connectivity index (χ1) is 15.5. The molecule has 3 aromatic carbocycles. The Morgan fingerprint density at radius 3 is 2.31 bits per heavy atom. The lowest BCUT2D eigenvalue weighted by Gasteiger charge is -2.09. The van der Waals surface area contributed by atoms with E-state index < -0.39 is 0 Å². The van der Waals surface area contributed by atoms with Crippen molar-refractivity contribution in [1.82, 2.24) is 9.78 Å². The minimum absolute atomic E-state index is 0.218. The highest BCUT2D eigenvalue weighted by molar-refractivity contribution is 6.35. The summed E-state index contributed by atoms with van der Waals surface area (Å²) in [5, 5.41) is 8.84. The van der Waals surface area contributed by atoms with E-state index >= 15 is 0 Å². The zero-order valence-corrected chi connectivity index (χ0v) is 19.0. The summed E-state index contributed by atoms with van der Waals surface area (Å²) >= 11 is 17.9. The van der Waals surface area contributed by atoms with Gasteiger partial charge in [0.15, 0.2) is 0 Å². The van der Waals surface area contributed by atoms with Gasteiger partial charge in [0, 0.05) is 21.8 Å². The molecule has 0 aliphatic heterocycles. The van der Waals surface area contributed by atoms with Gasteiger partial charge in [0.05, 0.1) is 23.5 Å². The smallest absolute Gasteiger partial charge is 0.255 e. The van der Waals surface area contributed by atoms with Gasteiger partial charge in [0.2, 0.25) is 0 Å². The van der Waals surface area contributed by atoms with Crippen molar-refractivity contribution in [1.29, 1.82) is 0 Å². The molecule has 32 heavy (non-hydrogen) atoms. The van der Waals surface area contributed by atoms with Crippen molar-refractivity contribution < 1.29 is 9.53 Å². The highest BCUT2D eigenvalue weighted by Gasteiger charge is 2.09. The van der Waals surface area contributed by atoms with Gasteiger partial charge in [-0.15, -0.1) is 0 Å². The largest absolute Gasteiger partial charge is 0.487 e. The second-order valence-electron chi connectivity index (χ2n) is 7.07. The van der Waals surface area contributed by atoms with Gasteiger partial charge < -0.3 is 10.1 Å². The third-order valence-electron chi connectivity index (χ3n) is 4.65.